The molecule has 0 bridgehead atoms. The smallest absolute Gasteiger partial charge is 0.216 e. The van der Waals surface area contributed by atoms with Crippen LogP contribution in [0.3, 0.4) is 0 Å². The lowest BCUT2D eigenvalue weighted by Gasteiger charge is -2.08. The molecule has 0 saturated heterocycles. The lowest BCUT2D eigenvalue weighted by atomic mass is 10.1. The zero-order valence-electron chi connectivity index (χ0n) is 10.9. The summed E-state index contributed by atoms with van der Waals surface area (Å²) in [4.78, 5) is 11.4. The van der Waals surface area contributed by atoms with Gasteiger partial charge in [0.05, 0.1) is 23.9 Å². The van der Waals surface area contributed by atoms with E-state index in [0.717, 1.165) is 0 Å². The first-order chi connectivity index (χ1) is 8.84. The average Bonchev–Trinajstić information content (AvgIpc) is 2.36. The van der Waals surface area contributed by atoms with Crippen molar-refractivity contribution in [2.75, 3.05) is 6.54 Å². The molecule has 0 aliphatic heterocycles. The maximum atomic E-state index is 11.8. The molecule has 1 aromatic carbocycles. The highest BCUT2D eigenvalue weighted by Gasteiger charge is 2.15. The Bertz CT molecular complexity index is 583. The monoisotopic (exact) mass is 280 g/mol. The highest BCUT2D eigenvalue weighted by atomic mass is 32.2. The number of Topliss-reactive ketones (excluding diaryl/α,β-unsaturated/α-hetero) is 1. The number of carbonyl (C=O) groups is 1. The fraction of sp³-hybridized carbons (Fsp3) is 0.385. The largest absolute Gasteiger partial charge is 0.298 e. The molecule has 0 atom stereocenters. The van der Waals surface area contributed by atoms with Crippen LogP contribution in [0.15, 0.2) is 24.3 Å². The molecular weight excluding hydrogens is 264 g/mol. The second kappa shape index (κ2) is 6.45. The zero-order valence-corrected chi connectivity index (χ0v) is 11.7. The van der Waals surface area contributed by atoms with Crippen molar-refractivity contribution in [3.63, 3.8) is 0 Å². The first-order valence-corrected chi connectivity index (χ1v) is 7.48. The van der Waals surface area contributed by atoms with E-state index in [0.29, 0.717) is 11.1 Å². The van der Waals surface area contributed by atoms with Gasteiger partial charge in [-0.1, -0.05) is 26.0 Å². The minimum Gasteiger partial charge on any atom is -0.298 e. The van der Waals surface area contributed by atoms with Gasteiger partial charge < -0.3 is 0 Å². The average molecular weight is 280 g/mol. The maximum Gasteiger partial charge on any atom is 0.216 e. The quantitative estimate of drug-likeness (QED) is 0.848. The Morgan fingerprint density at radius 3 is 2.37 bits per heavy atom. The fourth-order valence-electron chi connectivity index (χ4n) is 1.33. The topological polar surface area (TPSA) is 87.0 Å². The van der Waals surface area contributed by atoms with E-state index in [2.05, 4.69) is 4.72 Å². The molecule has 19 heavy (non-hydrogen) atoms. The van der Waals surface area contributed by atoms with E-state index in [1.807, 2.05) is 6.07 Å². The van der Waals surface area contributed by atoms with E-state index in [-0.39, 0.29) is 24.0 Å². The van der Waals surface area contributed by atoms with E-state index in [1.54, 1.807) is 38.1 Å². The number of hydrogen-bond donors (Lipinski definition) is 1. The summed E-state index contributed by atoms with van der Waals surface area (Å²) in [5, 5.41) is 8.64. The Hall–Kier alpha value is -1.71. The summed E-state index contributed by atoms with van der Waals surface area (Å²) in [6.07, 6.45) is 0. The maximum absolute atomic E-state index is 11.8. The molecule has 0 aliphatic rings. The highest BCUT2D eigenvalue weighted by Crippen LogP contribution is 2.07. The Kier molecular flexibility index (Phi) is 5.21. The van der Waals surface area contributed by atoms with Crippen molar-refractivity contribution in [3.8, 4) is 6.07 Å². The number of carbonyl (C=O) groups excluding carboxylic acids is 1. The predicted molar refractivity (Wildman–Crippen MR) is 71.6 cm³/mol. The summed E-state index contributed by atoms with van der Waals surface area (Å²) in [6.45, 7) is 3.25. The predicted octanol–water partition coefficient (Wildman–Crippen LogP) is 1.20. The SMILES string of the molecule is CC(C)C(=O)CNS(=O)(=O)Cc1ccc(C#N)cc1. The number of nitrogens with zero attached hydrogens (tertiary/aromatic N) is 1. The number of nitriles is 1. The molecule has 0 heterocycles. The molecule has 6 heteroatoms. The molecule has 1 N–H and O–H groups in total. The second-order valence-corrected chi connectivity index (χ2v) is 6.32. The van der Waals surface area contributed by atoms with Crippen molar-refractivity contribution in [1.82, 2.24) is 4.72 Å². The summed E-state index contributed by atoms with van der Waals surface area (Å²) < 4.78 is 25.8. The van der Waals surface area contributed by atoms with Crippen LogP contribution in [0, 0.1) is 17.2 Å². The molecule has 1 aromatic rings. The van der Waals surface area contributed by atoms with Crippen molar-refractivity contribution in [2.24, 2.45) is 5.92 Å². The summed E-state index contributed by atoms with van der Waals surface area (Å²) in [5.41, 5.74) is 1.05. The Morgan fingerprint density at radius 2 is 1.89 bits per heavy atom. The standard InChI is InChI=1S/C13H16N2O3S/c1-10(2)13(16)8-15-19(17,18)9-12-5-3-11(7-14)4-6-12/h3-6,10,15H,8-9H2,1-2H3. The van der Waals surface area contributed by atoms with Crippen LogP contribution in [0.2, 0.25) is 0 Å². The van der Waals surface area contributed by atoms with Gasteiger partial charge in [0.25, 0.3) is 0 Å². The van der Waals surface area contributed by atoms with Crippen LogP contribution in [-0.4, -0.2) is 20.7 Å². The van der Waals surface area contributed by atoms with E-state index in [9.17, 15) is 13.2 Å². The van der Waals surface area contributed by atoms with Crippen LogP contribution in [-0.2, 0) is 20.6 Å². The minimum atomic E-state index is -3.54. The molecule has 5 nitrogen and oxygen atoms in total. The Morgan fingerprint density at radius 1 is 1.32 bits per heavy atom. The molecule has 0 unspecified atom stereocenters. The molecule has 102 valence electrons. The highest BCUT2D eigenvalue weighted by molar-refractivity contribution is 7.88. The van der Waals surface area contributed by atoms with Crippen molar-refractivity contribution < 1.29 is 13.2 Å². The fourth-order valence-corrected chi connectivity index (χ4v) is 2.43. The molecule has 0 spiro atoms. The van der Waals surface area contributed by atoms with Gasteiger partial charge in [-0.2, -0.15) is 5.26 Å². The van der Waals surface area contributed by atoms with Crippen molar-refractivity contribution in [3.05, 3.63) is 35.4 Å². The molecular formula is C13H16N2O3S. The van der Waals surface area contributed by atoms with Crippen molar-refractivity contribution in [1.29, 1.82) is 5.26 Å². The van der Waals surface area contributed by atoms with Crippen LogP contribution in [0.25, 0.3) is 0 Å². The van der Waals surface area contributed by atoms with Gasteiger partial charge in [0.15, 0.2) is 0 Å². The summed E-state index contributed by atoms with van der Waals surface area (Å²) in [6, 6.07) is 8.25. The van der Waals surface area contributed by atoms with Crippen LogP contribution >= 0.6 is 0 Å². The third kappa shape index (κ3) is 5.20. The van der Waals surface area contributed by atoms with Gasteiger partial charge in [0.2, 0.25) is 10.0 Å². The van der Waals surface area contributed by atoms with Gasteiger partial charge in [0.1, 0.15) is 5.78 Å². The number of hydrogen-bond acceptors (Lipinski definition) is 4. The zero-order chi connectivity index (χ0) is 14.5. The van der Waals surface area contributed by atoms with E-state index < -0.39 is 10.0 Å². The first-order valence-electron chi connectivity index (χ1n) is 5.83. The number of benzene rings is 1. The van der Waals surface area contributed by atoms with Gasteiger partial charge in [-0.15, -0.1) is 0 Å². The second-order valence-electron chi connectivity index (χ2n) is 4.51. The minimum absolute atomic E-state index is 0.150. The van der Waals surface area contributed by atoms with Gasteiger partial charge in [-0.3, -0.25) is 4.79 Å². The van der Waals surface area contributed by atoms with E-state index in [1.165, 1.54) is 0 Å². The normalized spacial score (nSPS) is 11.3. The van der Waals surface area contributed by atoms with Crippen LogP contribution in [0.1, 0.15) is 25.0 Å². The first kappa shape index (κ1) is 15.3. The van der Waals surface area contributed by atoms with Gasteiger partial charge >= 0.3 is 0 Å². The Labute approximate surface area is 113 Å². The molecule has 1 rings (SSSR count). The Balaban J connectivity index is 2.64. The summed E-state index contributed by atoms with van der Waals surface area (Å²) in [5.74, 6) is -0.551. The van der Waals surface area contributed by atoms with Gasteiger partial charge in [0, 0.05) is 5.92 Å². The lowest BCUT2D eigenvalue weighted by molar-refractivity contribution is -0.120. The molecule has 0 aromatic heterocycles. The van der Waals surface area contributed by atoms with Gasteiger partial charge in [-0.05, 0) is 17.7 Å². The third-order valence-corrected chi connectivity index (χ3v) is 3.85. The van der Waals surface area contributed by atoms with E-state index >= 15 is 0 Å². The third-order valence-electron chi connectivity index (χ3n) is 2.55. The molecule has 0 saturated carbocycles. The molecule has 0 amide bonds. The van der Waals surface area contributed by atoms with Crippen LogP contribution in [0.4, 0.5) is 0 Å². The number of nitrogens with one attached hydrogen (secondary N) is 1. The summed E-state index contributed by atoms with van der Waals surface area (Å²) >= 11 is 0. The van der Waals surface area contributed by atoms with Crippen LogP contribution < -0.4 is 4.72 Å². The molecule has 0 fully saturated rings. The summed E-state index contributed by atoms with van der Waals surface area (Å²) in [7, 11) is -3.54. The number of rotatable bonds is 6. The van der Waals surface area contributed by atoms with Crippen LogP contribution in [0.5, 0.6) is 0 Å². The van der Waals surface area contributed by atoms with E-state index in [4.69, 9.17) is 5.26 Å². The number of ketones is 1. The van der Waals surface area contributed by atoms with Crippen molar-refractivity contribution in [2.45, 2.75) is 19.6 Å². The molecule has 0 radical (unpaired) electrons. The molecule has 0 aliphatic carbocycles. The lowest BCUT2D eigenvalue weighted by Crippen LogP contribution is -2.32. The number of sulfonamides is 1. The van der Waals surface area contributed by atoms with Gasteiger partial charge in [-0.25, -0.2) is 13.1 Å². The van der Waals surface area contributed by atoms with Crippen molar-refractivity contribution >= 4 is 15.8 Å².